The number of carbonyl (C=O) groups is 1. The van der Waals surface area contributed by atoms with Gasteiger partial charge < -0.3 is 10.1 Å². The minimum absolute atomic E-state index is 0.117. The van der Waals surface area contributed by atoms with E-state index in [4.69, 9.17) is 4.74 Å². The molecule has 0 aliphatic rings. The van der Waals surface area contributed by atoms with E-state index in [9.17, 15) is 17.6 Å². The maximum atomic E-state index is 13.4. The minimum atomic E-state index is -4.14. The molecule has 6 nitrogen and oxygen atoms in total. The highest BCUT2D eigenvalue weighted by molar-refractivity contribution is 7.92. The van der Waals surface area contributed by atoms with Gasteiger partial charge in [-0.2, -0.15) is 0 Å². The van der Waals surface area contributed by atoms with Crippen LogP contribution in [0.15, 0.2) is 77.7 Å². The molecule has 3 aromatic rings. The summed E-state index contributed by atoms with van der Waals surface area (Å²) >= 11 is 0. The Morgan fingerprint density at radius 1 is 1.00 bits per heavy atom. The molecule has 1 amide bonds. The molecule has 0 unspecified atom stereocenters. The Kier molecular flexibility index (Phi) is 7.71. The maximum absolute atomic E-state index is 13.4. The first-order valence-corrected chi connectivity index (χ1v) is 12.1. The molecule has 0 bridgehead atoms. The summed E-state index contributed by atoms with van der Waals surface area (Å²) in [6.07, 6.45) is 0. The first kappa shape index (κ1) is 24.3. The second-order valence-electron chi connectivity index (χ2n) is 7.68. The number of halogens is 1. The van der Waals surface area contributed by atoms with Crippen LogP contribution in [0.3, 0.4) is 0 Å². The van der Waals surface area contributed by atoms with E-state index in [0.29, 0.717) is 18.0 Å². The van der Waals surface area contributed by atoms with E-state index in [1.807, 2.05) is 32.9 Å². The number of anilines is 2. The van der Waals surface area contributed by atoms with E-state index in [0.717, 1.165) is 22.0 Å². The fourth-order valence-electron chi connectivity index (χ4n) is 3.36. The Morgan fingerprint density at radius 3 is 2.24 bits per heavy atom. The van der Waals surface area contributed by atoms with Crippen LogP contribution < -0.4 is 14.4 Å². The topological polar surface area (TPSA) is 75.7 Å². The summed E-state index contributed by atoms with van der Waals surface area (Å²) in [5.74, 6) is -0.297. The molecule has 0 fully saturated rings. The van der Waals surface area contributed by atoms with Gasteiger partial charge in [0.15, 0.2) is 0 Å². The Hall–Kier alpha value is -3.39. The largest absolute Gasteiger partial charge is 0.494 e. The fourth-order valence-corrected chi connectivity index (χ4v) is 4.78. The number of nitrogens with one attached hydrogen (secondary N) is 1. The van der Waals surface area contributed by atoms with Crippen molar-refractivity contribution in [1.29, 1.82) is 0 Å². The number of benzene rings is 3. The van der Waals surface area contributed by atoms with Crippen molar-refractivity contribution < 1.29 is 22.3 Å². The molecular weight excluding hydrogens is 443 g/mol. The van der Waals surface area contributed by atoms with E-state index in [-0.39, 0.29) is 16.5 Å². The number of amides is 1. The van der Waals surface area contributed by atoms with E-state index >= 15 is 0 Å². The normalized spacial score (nSPS) is 11.3. The predicted octanol–water partition coefficient (Wildman–Crippen LogP) is 5.18. The van der Waals surface area contributed by atoms with Crippen molar-refractivity contribution in [3.05, 3.63) is 84.2 Å². The quantitative estimate of drug-likeness (QED) is 0.467. The van der Waals surface area contributed by atoms with E-state index in [1.165, 1.54) is 12.1 Å². The van der Waals surface area contributed by atoms with Crippen molar-refractivity contribution in [1.82, 2.24) is 0 Å². The number of rotatable bonds is 9. The molecule has 0 saturated carbocycles. The van der Waals surface area contributed by atoms with Crippen LogP contribution >= 0.6 is 0 Å². The number of hydrogen-bond donors (Lipinski definition) is 1. The fraction of sp³-hybridized carbons (Fsp3) is 0.240. The van der Waals surface area contributed by atoms with E-state index in [1.54, 1.807) is 36.4 Å². The number of sulfonamides is 1. The molecule has 0 aliphatic heterocycles. The zero-order valence-corrected chi connectivity index (χ0v) is 19.6. The molecule has 174 valence electrons. The molecular formula is C25H27FN2O4S. The van der Waals surface area contributed by atoms with Crippen molar-refractivity contribution in [3.63, 3.8) is 0 Å². The second-order valence-corrected chi connectivity index (χ2v) is 9.54. The first-order valence-electron chi connectivity index (χ1n) is 10.6. The molecule has 0 aromatic heterocycles. The van der Waals surface area contributed by atoms with Crippen LogP contribution in [-0.4, -0.2) is 27.5 Å². The predicted molar refractivity (Wildman–Crippen MR) is 128 cm³/mol. The van der Waals surface area contributed by atoms with Crippen molar-refractivity contribution in [2.75, 3.05) is 22.8 Å². The number of ether oxygens (including phenoxy) is 1. The summed E-state index contributed by atoms with van der Waals surface area (Å²) < 4.78 is 46.6. The lowest BCUT2D eigenvalue weighted by Crippen LogP contribution is -2.38. The van der Waals surface area contributed by atoms with Crippen LogP contribution in [0.1, 0.15) is 32.3 Å². The molecule has 33 heavy (non-hydrogen) atoms. The summed E-state index contributed by atoms with van der Waals surface area (Å²) in [6.45, 7) is 5.87. The number of nitrogens with zero attached hydrogens (tertiary/aromatic N) is 1. The number of para-hydroxylation sites is 1. The van der Waals surface area contributed by atoms with E-state index < -0.39 is 28.3 Å². The third kappa shape index (κ3) is 5.90. The van der Waals surface area contributed by atoms with Crippen molar-refractivity contribution in [2.24, 2.45) is 0 Å². The standard InChI is InChI=1S/C25H27FN2O4S/c1-4-32-21-13-11-20(12-14-21)28(33(30,31)22-15-9-19(26)10-16-22)17-25(29)27-24-8-6-5-7-23(24)18(2)3/h5-16,18H,4,17H2,1-3H3,(H,27,29). The Balaban J connectivity index is 1.95. The molecule has 0 saturated heterocycles. The van der Waals surface area contributed by atoms with Crippen molar-refractivity contribution >= 4 is 27.3 Å². The van der Waals surface area contributed by atoms with Gasteiger partial charge in [0.05, 0.1) is 17.2 Å². The Bertz CT molecular complexity index is 1190. The lowest BCUT2D eigenvalue weighted by molar-refractivity contribution is -0.114. The third-order valence-electron chi connectivity index (χ3n) is 4.98. The molecule has 0 spiro atoms. The van der Waals surface area contributed by atoms with Crippen LogP contribution in [0.2, 0.25) is 0 Å². The number of hydrogen-bond acceptors (Lipinski definition) is 4. The van der Waals surface area contributed by atoms with Gasteiger partial charge in [-0.25, -0.2) is 12.8 Å². The second kappa shape index (κ2) is 10.5. The van der Waals surface area contributed by atoms with Crippen LogP contribution in [0.5, 0.6) is 5.75 Å². The van der Waals surface area contributed by atoms with Gasteiger partial charge in [0.25, 0.3) is 10.0 Å². The maximum Gasteiger partial charge on any atom is 0.264 e. The Morgan fingerprint density at radius 2 is 1.64 bits per heavy atom. The molecule has 0 atom stereocenters. The Labute approximate surface area is 194 Å². The lowest BCUT2D eigenvalue weighted by atomic mass is 10.0. The summed E-state index contributed by atoms with van der Waals surface area (Å²) in [5.41, 5.74) is 1.86. The SMILES string of the molecule is CCOc1ccc(N(CC(=O)Nc2ccccc2C(C)C)S(=O)(=O)c2ccc(F)cc2)cc1. The monoisotopic (exact) mass is 470 g/mol. The van der Waals surface area contributed by atoms with Gasteiger partial charge in [0.2, 0.25) is 5.91 Å². The van der Waals surface area contributed by atoms with E-state index in [2.05, 4.69) is 5.32 Å². The summed E-state index contributed by atoms with van der Waals surface area (Å²) in [6, 6.07) is 18.3. The first-order chi connectivity index (χ1) is 15.7. The van der Waals surface area contributed by atoms with Gasteiger partial charge >= 0.3 is 0 Å². The van der Waals surface area contributed by atoms with Gasteiger partial charge in [-0.1, -0.05) is 32.0 Å². The summed E-state index contributed by atoms with van der Waals surface area (Å²) in [4.78, 5) is 12.9. The molecule has 1 N–H and O–H groups in total. The minimum Gasteiger partial charge on any atom is -0.494 e. The third-order valence-corrected chi connectivity index (χ3v) is 6.77. The lowest BCUT2D eigenvalue weighted by Gasteiger charge is -2.25. The van der Waals surface area contributed by atoms with Gasteiger partial charge in [0.1, 0.15) is 18.1 Å². The van der Waals surface area contributed by atoms with Crippen LogP contribution in [0, 0.1) is 5.82 Å². The zero-order valence-electron chi connectivity index (χ0n) is 18.8. The smallest absolute Gasteiger partial charge is 0.264 e. The summed E-state index contributed by atoms with van der Waals surface area (Å²) in [7, 11) is -4.14. The molecule has 0 radical (unpaired) electrons. The molecule has 0 heterocycles. The highest BCUT2D eigenvalue weighted by atomic mass is 32.2. The zero-order chi connectivity index (χ0) is 24.0. The summed E-state index contributed by atoms with van der Waals surface area (Å²) in [5, 5.41) is 2.83. The van der Waals surface area contributed by atoms with Gasteiger partial charge in [-0.05, 0) is 73.0 Å². The van der Waals surface area contributed by atoms with Gasteiger partial charge in [0, 0.05) is 5.69 Å². The van der Waals surface area contributed by atoms with Crippen molar-refractivity contribution in [3.8, 4) is 5.75 Å². The average Bonchev–Trinajstić information content (AvgIpc) is 2.79. The molecule has 8 heteroatoms. The van der Waals surface area contributed by atoms with Crippen LogP contribution in [0.25, 0.3) is 0 Å². The highest BCUT2D eigenvalue weighted by Gasteiger charge is 2.27. The molecule has 3 aromatic carbocycles. The van der Waals surface area contributed by atoms with Crippen molar-refractivity contribution in [2.45, 2.75) is 31.6 Å². The molecule has 0 aliphatic carbocycles. The van der Waals surface area contributed by atoms with Gasteiger partial charge in [-0.15, -0.1) is 0 Å². The van der Waals surface area contributed by atoms with Gasteiger partial charge in [-0.3, -0.25) is 9.10 Å². The average molecular weight is 471 g/mol. The molecule has 3 rings (SSSR count). The van der Waals surface area contributed by atoms with Crippen LogP contribution in [0.4, 0.5) is 15.8 Å². The number of carbonyl (C=O) groups excluding carboxylic acids is 1. The highest BCUT2D eigenvalue weighted by Crippen LogP contribution is 2.27. The van der Waals surface area contributed by atoms with Crippen LogP contribution in [-0.2, 0) is 14.8 Å².